The first-order valence-electron chi connectivity index (χ1n) is 10.9. The molecule has 1 aromatic heterocycles. The number of amides is 1. The zero-order chi connectivity index (χ0) is 23.0. The number of carbonyl (C=O) groups excluding carboxylic acids is 1. The normalized spacial score (nSPS) is 20.8. The zero-order valence-electron chi connectivity index (χ0n) is 19.0. The number of hydrogen-bond donors (Lipinski definition) is 1. The predicted octanol–water partition coefficient (Wildman–Crippen LogP) is 3.48. The van der Waals surface area contributed by atoms with Gasteiger partial charge in [-0.1, -0.05) is 12.1 Å². The van der Waals surface area contributed by atoms with E-state index >= 15 is 0 Å². The van der Waals surface area contributed by atoms with Crippen LogP contribution in [0.2, 0.25) is 0 Å². The molecule has 0 aliphatic carbocycles. The molecule has 2 aliphatic rings. The van der Waals surface area contributed by atoms with E-state index in [4.69, 9.17) is 20.3 Å². The number of benzene rings is 1. The first kappa shape index (κ1) is 21.8. The lowest BCUT2D eigenvalue weighted by molar-refractivity contribution is 0.0167. The number of likely N-dealkylation sites (N-methyl/N-ethyl adjacent to an activating group) is 1. The van der Waals surface area contributed by atoms with Crippen LogP contribution in [0.15, 0.2) is 24.3 Å². The molecule has 1 saturated heterocycles. The number of para-hydroxylation sites is 2. The fourth-order valence-corrected chi connectivity index (χ4v) is 4.28. The monoisotopic (exact) mass is 438 g/mol. The Hall–Kier alpha value is -3.41. The summed E-state index contributed by atoms with van der Waals surface area (Å²) in [6, 6.07) is 9.86. The SMILES string of the molecule is CN1CC(c2nn([C@@H]3CCCN(C(=O)OC(C)(C)C)C3)c(N)c2C#N)Oc2ccccc21. The molecule has 9 heteroatoms. The summed E-state index contributed by atoms with van der Waals surface area (Å²) in [7, 11) is 1.99. The van der Waals surface area contributed by atoms with Gasteiger partial charge in [0.2, 0.25) is 0 Å². The van der Waals surface area contributed by atoms with Crippen LogP contribution in [0.5, 0.6) is 5.75 Å². The van der Waals surface area contributed by atoms with E-state index in [2.05, 4.69) is 11.0 Å². The van der Waals surface area contributed by atoms with Crippen LogP contribution in [0.1, 0.15) is 57.0 Å². The van der Waals surface area contributed by atoms with Crippen molar-refractivity contribution in [3.8, 4) is 11.8 Å². The molecule has 32 heavy (non-hydrogen) atoms. The third-order valence-electron chi connectivity index (χ3n) is 5.77. The molecule has 0 bridgehead atoms. The number of anilines is 2. The van der Waals surface area contributed by atoms with Crippen molar-refractivity contribution in [1.82, 2.24) is 14.7 Å². The molecule has 4 rings (SSSR count). The fraction of sp³-hybridized carbons (Fsp3) is 0.522. The minimum Gasteiger partial charge on any atom is -0.480 e. The molecule has 0 spiro atoms. The Bertz CT molecular complexity index is 1050. The van der Waals surface area contributed by atoms with Crippen molar-refractivity contribution in [2.75, 3.05) is 37.3 Å². The number of nitrogens with two attached hydrogens (primary N) is 1. The van der Waals surface area contributed by atoms with Gasteiger partial charge in [0.15, 0.2) is 6.10 Å². The van der Waals surface area contributed by atoms with Gasteiger partial charge in [0.05, 0.1) is 18.3 Å². The topological polar surface area (TPSA) is 110 Å². The van der Waals surface area contributed by atoms with Crippen molar-refractivity contribution >= 4 is 17.6 Å². The molecule has 1 amide bonds. The van der Waals surface area contributed by atoms with E-state index in [0.29, 0.717) is 36.7 Å². The van der Waals surface area contributed by atoms with E-state index in [-0.39, 0.29) is 12.1 Å². The van der Waals surface area contributed by atoms with Crippen molar-refractivity contribution in [2.24, 2.45) is 0 Å². The lowest BCUT2D eigenvalue weighted by Crippen LogP contribution is -2.43. The summed E-state index contributed by atoms with van der Waals surface area (Å²) in [5.74, 6) is 1.06. The van der Waals surface area contributed by atoms with Gasteiger partial charge in [-0.25, -0.2) is 9.48 Å². The lowest BCUT2D eigenvalue weighted by Gasteiger charge is -2.34. The molecule has 0 saturated carbocycles. The largest absolute Gasteiger partial charge is 0.480 e. The second kappa shape index (κ2) is 8.26. The quantitative estimate of drug-likeness (QED) is 0.764. The Morgan fingerprint density at radius 1 is 1.31 bits per heavy atom. The van der Waals surface area contributed by atoms with E-state index in [1.807, 2.05) is 52.1 Å². The number of ether oxygens (including phenoxy) is 2. The summed E-state index contributed by atoms with van der Waals surface area (Å²) in [6.45, 7) is 7.15. The number of nitrogens with zero attached hydrogens (tertiary/aromatic N) is 5. The molecular formula is C23H30N6O3. The second-order valence-corrected chi connectivity index (χ2v) is 9.38. The highest BCUT2D eigenvalue weighted by molar-refractivity contribution is 5.68. The lowest BCUT2D eigenvalue weighted by atomic mass is 10.1. The van der Waals surface area contributed by atoms with Gasteiger partial charge in [-0.2, -0.15) is 10.4 Å². The van der Waals surface area contributed by atoms with Gasteiger partial charge in [-0.15, -0.1) is 0 Å². The standard InChI is InChI=1S/C23H30N6O3/c1-23(2,3)32-22(30)28-11-7-8-15(13-28)29-21(25)16(12-24)20(26-29)19-14-27(4)17-9-5-6-10-18(17)31-19/h5-6,9-10,15,19H,7-8,11,13-14,25H2,1-4H3/t15-,19?/m1/s1. The Kier molecular flexibility index (Phi) is 5.63. The van der Waals surface area contributed by atoms with Crippen molar-refractivity contribution in [1.29, 1.82) is 5.26 Å². The molecule has 2 aromatic rings. The minimum atomic E-state index is -0.559. The van der Waals surface area contributed by atoms with Crippen LogP contribution in [0, 0.1) is 11.3 Å². The summed E-state index contributed by atoms with van der Waals surface area (Å²) in [4.78, 5) is 16.3. The Morgan fingerprint density at radius 3 is 2.78 bits per heavy atom. The number of aromatic nitrogens is 2. The first-order valence-corrected chi connectivity index (χ1v) is 10.9. The molecule has 170 valence electrons. The summed E-state index contributed by atoms with van der Waals surface area (Å²) in [5, 5.41) is 14.6. The molecular weight excluding hydrogens is 408 g/mol. The molecule has 2 atom stereocenters. The van der Waals surface area contributed by atoms with Crippen molar-refractivity contribution in [3.63, 3.8) is 0 Å². The number of carbonyl (C=O) groups is 1. The third kappa shape index (κ3) is 4.17. The number of hydrogen-bond acceptors (Lipinski definition) is 7. The molecule has 1 unspecified atom stereocenters. The number of nitrogen functional groups attached to an aromatic ring is 1. The molecule has 2 aliphatic heterocycles. The van der Waals surface area contributed by atoms with Crippen molar-refractivity contribution in [3.05, 3.63) is 35.5 Å². The smallest absolute Gasteiger partial charge is 0.410 e. The number of nitriles is 1. The highest BCUT2D eigenvalue weighted by atomic mass is 16.6. The number of fused-ring (bicyclic) bond motifs is 1. The maximum atomic E-state index is 12.6. The maximum absolute atomic E-state index is 12.6. The van der Waals surface area contributed by atoms with Crippen LogP contribution in [0.4, 0.5) is 16.3 Å². The number of piperidine rings is 1. The average molecular weight is 439 g/mol. The molecule has 0 radical (unpaired) electrons. The van der Waals surface area contributed by atoms with Crippen LogP contribution < -0.4 is 15.4 Å². The highest BCUT2D eigenvalue weighted by Crippen LogP contribution is 2.39. The summed E-state index contributed by atoms with van der Waals surface area (Å²) >= 11 is 0. The first-order chi connectivity index (χ1) is 15.2. The van der Waals surface area contributed by atoms with E-state index in [1.54, 1.807) is 9.58 Å². The average Bonchev–Trinajstić information content (AvgIpc) is 3.09. The van der Waals surface area contributed by atoms with Crippen LogP contribution in [0.25, 0.3) is 0 Å². The van der Waals surface area contributed by atoms with Gasteiger partial charge in [0.25, 0.3) is 0 Å². The van der Waals surface area contributed by atoms with Crippen LogP contribution in [-0.2, 0) is 4.74 Å². The molecule has 1 aromatic carbocycles. The summed E-state index contributed by atoms with van der Waals surface area (Å²) in [5.41, 5.74) is 7.67. The van der Waals surface area contributed by atoms with Crippen LogP contribution >= 0.6 is 0 Å². The van der Waals surface area contributed by atoms with Gasteiger partial charge >= 0.3 is 6.09 Å². The van der Waals surface area contributed by atoms with Crippen LogP contribution in [-0.4, -0.2) is 53.1 Å². The number of rotatable bonds is 2. The van der Waals surface area contributed by atoms with Gasteiger partial charge in [0, 0.05) is 20.1 Å². The van der Waals surface area contributed by atoms with E-state index in [1.165, 1.54) is 0 Å². The molecule has 3 heterocycles. The third-order valence-corrected chi connectivity index (χ3v) is 5.77. The molecule has 9 nitrogen and oxygen atoms in total. The second-order valence-electron chi connectivity index (χ2n) is 9.38. The Labute approximate surface area is 188 Å². The molecule has 2 N–H and O–H groups in total. The van der Waals surface area contributed by atoms with E-state index < -0.39 is 11.7 Å². The summed E-state index contributed by atoms with van der Waals surface area (Å²) in [6.07, 6.45) is 0.849. The Morgan fingerprint density at radius 2 is 2.06 bits per heavy atom. The van der Waals surface area contributed by atoms with Gasteiger partial charge in [0.1, 0.15) is 34.5 Å². The zero-order valence-corrected chi connectivity index (χ0v) is 19.0. The predicted molar refractivity (Wildman–Crippen MR) is 121 cm³/mol. The van der Waals surface area contributed by atoms with Gasteiger partial charge < -0.3 is 25.0 Å². The summed E-state index contributed by atoms with van der Waals surface area (Å²) < 4.78 is 13.4. The highest BCUT2D eigenvalue weighted by Gasteiger charge is 2.34. The van der Waals surface area contributed by atoms with Crippen LogP contribution in [0.3, 0.4) is 0 Å². The molecule has 1 fully saturated rings. The van der Waals surface area contributed by atoms with Crippen molar-refractivity contribution < 1.29 is 14.3 Å². The fourth-order valence-electron chi connectivity index (χ4n) is 4.28. The van der Waals surface area contributed by atoms with E-state index in [9.17, 15) is 10.1 Å². The Balaban J connectivity index is 1.59. The minimum absolute atomic E-state index is 0.134. The van der Waals surface area contributed by atoms with E-state index in [0.717, 1.165) is 24.3 Å². The van der Waals surface area contributed by atoms with Crippen molar-refractivity contribution in [2.45, 2.75) is 51.4 Å². The maximum Gasteiger partial charge on any atom is 0.410 e. The number of likely N-dealkylation sites (tertiary alicyclic amines) is 1. The van der Waals surface area contributed by atoms with Gasteiger partial charge in [-0.3, -0.25) is 0 Å². The van der Waals surface area contributed by atoms with Gasteiger partial charge in [-0.05, 0) is 45.7 Å².